The second kappa shape index (κ2) is 5.41. The highest BCUT2D eigenvalue weighted by Crippen LogP contribution is 2.44. The van der Waals surface area contributed by atoms with Crippen LogP contribution in [0.4, 0.5) is 11.4 Å². The molecule has 0 N–H and O–H groups in total. The number of anilines is 2. The first-order valence-corrected chi connectivity index (χ1v) is 8.66. The average Bonchev–Trinajstić information content (AvgIpc) is 2.67. The molecule has 0 fully saturated rings. The van der Waals surface area contributed by atoms with E-state index in [4.69, 9.17) is 0 Å². The van der Waals surface area contributed by atoms with Gasteiger partial charge in [-0.25, -0.2) is 0 Å². The van der Waals surface area contributed by atoms with Crippen LogP contribution in [-0.2, 0) is 13.0 Å². The van der Waals surface area contributed by atoms with Gasteiger partial charge in [-0.05, 0) is 41.3 Å². The van der Waals surface area contributed by atoms with Crippen LogP contribution < -0.4 is 9.80 Å². The SMILES string of the molecule is c1ccc(N2Cc3ccccc3N3CCc4ccccc4[C@@H]23)cc1. The summed E-state index contributed by atoms with van der Waals surface area (Å²) >= 11 is 0. The first kappa shape index (κ1) is 13.7. The topological polar surface area (TPSA) is 6.48 Å². The summed E-state index contributed by atoms with van der Waals surface area (Å²) in [5.41, 5.74) is 7.03. The molecule has 0 amide bonds. The molecule has 24 heavy (non-hydrogen) atoms. The van der Waals surface area contributed by atoms with E-state index >= 15 is 0 Å². The molecular weight excluding hydrogens is 292 g/mol. The summed E-state index contributed by atoms with van der Waals surface area (Å²) in [6.45, 7) is 2.03. The van der Waals surface area contributed by atoms with Gasteiger partial charge in [-0.1, -0.05) is 60.7 Å². The van der Waals surface area contributed by atoms with Gasteiger partial charge in [0, 0.05) is 24.5 Å². The Morgan fingerprint density at radius 3 is 2.25 bits per heavy atom. The van der Waals surface area contributed by atoms with E-state index in [9.17, 15) is 0 Å². The zero-order valence-electron chi connectivity index (χ0n) is 13.6. The van der Waals surface area contributed by atoms with Gasteiger partial charge in [0.05, 0.1) is 0 Å². The summed E-state index contributed by atoms with van der Waals surface area (Å²) in [5, 5.41) is 0. The molecule has 0 bridgehead atoms. The van der Waals surface area contributed by atoms with Crippen LogP contribution in [0.25, 0.3) is 0 Å². The molecule has 118 valence electrons. The molecule has 0 aromatic heterocycles. The largest absolute Gasteiger partial charge is 0.347 e. The lowest BCUT2D eigenvalue weighted by atomic mass is 9.92. The van der Waals surface area contributed by atoms with E-state index in [0.717, 1.165) is 19.5 Å². The van der Waals surface area contributed by atoms with Crippen LogP contribution in [-0.4, -0.2) is 6.54 Å². The van der Waals surface area contributed by atoms with E-state index in [0.29, 0.717) is 0 Å². The van der Waals surface area contributed by atoms with Crippen molar-refractivity contribution < 1.29 is 0 Å². The third-order valence-corrected chi connectivity index (χ3v) is 5.28. The van der Waals surface area contributed by atoms with Crippen LogP contribution in [0.15, 0.2) is 78.9 Å². The van der Waals surface area contributed by atoms with Gasteiger partial charge >= 0.3 is 0 Å². The van der Waals surface area contributed by atoms with Crippen molar-refractivity contribution in [1.82, 2.24) is 0 Å². The molecule has 0 spiro atoms. The van der Waals surface area contributed by atoms with Crippen LogP contribution in [0.2, 0.25) is 0 Å². The normalized spacial score (nSPS) is 18.6. The molecule has 0 unspecified atom stereocenters. The Labute approximate surface area is 143 Å². The maximum absolute atomic E-state index is 2.58. The lowest BCUT2D eigenvalue weighted by Gasteiger charge is -2.50. The molecule has 1 atom stereocenters. The Morgan fingerprint density at radius 1 is 0.667 bits per heavy atom. The van der Waals surface area contributed by atoms with E-state index < -0.39 is 0 Å². The first-order valence-electron chi connectivity index (χ1n) is 8.66. The Kier molecular flexibility index (Phi) is 3.08. The Balaban J connectivity index is 1.71. The Bertz CT molecular complexity index is 872. The summed E-state index contributed by atoms with van der Waals surface area (Å²) < 4.78 is 0. The average molecular weight is 312 g/mol. The molecule has 2 heterocycles. The van der Waals surface area contributed by atoms with E-state index in [1.165, 1.54) is 28.1 Å². The molecule has 0 radical (unpaired) electrons. The summed E-state index contributed by atoms with van der Waals surface area (Å²) in [6, 6.07) is 28.6. The maximum atomic E-state index is 2.58. The van der Waals surface area contributed by atoms with Gasteiger partial charge in [0.15, 0.2) is 0 Å². The van der Waals surface area contributed by atoms with Gasteiger partial charge in [0.2, 0.25) is 0 Å². The number of nitrogens with zero attached hydrogens (tertiary/aromatic N) is 2. The molecule has 3 aromatic carbocycles. The van der Waals surface area contributed by atoms with Crippen LogP contribution >= 0.6 is 0 Å². The molecule has 2 nitrogen and oxygen atoms in total. The molecule has 0 aliphatic carbocycles. The van der Waals surface area contributed by atoms with Gasteiger partial charge in [-0.2, -0.15) is 0 Å². The molecule has 0 saturated carbocycles. The van der Waals surface area contributed by atoms with Gasteiger partial charge < -0.3 is 9.80 Å². The van der Waals surface area contributed by atoms with Crippen molar-refractivity contribution in [2.24, 2.45) is 0 Å². The van der Waals surface area contributed by atoms with E-state index in [-0.39, 0.29) is 6.17 Å². The van der Waals surface area contributed by atoms with Crippen molar-refractivity contribution in [2.75, 3.05) is 16.3 Å². The fraction of sp³-hybridized carbons (Fsp3) is 0.182. The standard InChI is InChI=1S/C22H20N2/c1-2-10-19(11-3-1)24-16-18-9-5-7-13-21(18)23-15-14-17-8-4-6-12-20(17)22(23)24/h1-13,22H,14-16H2/t22-/m1/s1. The van der Waals surface area contributed by atoms with Crippen molar-refractivity contribution in [2.45, 2.75) is 19.1 Å². The van der Waals surface area contributed by atoms with Crippen molar-refractivity contribution in [3.63, 3.8) is 0 Å². The summed E-state index contributed by atoms with van der Waals surface area (Å²) in [6.07, 6.45) is 1.40. The molecule has 5 rings (SSSR count). The molecule has 0 saturated heterocycles. The predicted molar refractivity (Wildman–Crippen MR) is 99.3 cm³/mol. The van der Waals surface area contributed by atoms with E-state index in [1.54, 1.807) is 0 Å². The summed E-state index contributed by atoms with van der Waals surface area (Å²) in [4.78, 5) is 5.12. The molecular formula is C22H20N2. The molecule has 2 aliphatic rings. The van der Waals surface area contributed by atoms with Crippen LogP contribution in [0.5, 0.6) is 0 Å². The third kappa shape index (κ3) is 2.03. The number of benzene rings is 3. The minimum Gasteiger partial charge on any atom is -0.347 e. The van der Waals surface area contributed by atoms with Gasteiger partial charge in [-0.15, -0.1) is 0 Å². The summed E-state index contributed by atoms with van der Waals surface area (Å²) in [5.74, 6) is 0. The van der Waals surface area contributed by atoms with Crippen molar-refractivity contribution in [1.29, 1.82) is 0 Å². The molecule has 2 heteroatoms. The number of fused-ring (bicyclic) bond motifs is 5. The predicted octanol–water partition coefficient (Wildman–Crippen LogP) is 4.77. The van der Waals surface area contributed by atoms with E-state index in [2.05, 4.69) is 88.7 Å². The number of para-hydroxylation sites is 2. The number of hydrogen-bond acceptors (Lipinski definition) is 2. The molecule has 2 aliphatic heterocycles. The van der Waals surface area contributed by atoms with Crippen LogP contribution in [0.3, 0.4) is 0 Å². The van der Waals surface area contributed by atoms with Crippen LogP contribution in [0, 0.1) is 0 Å². The van der Waals surface area contributed by atoms with Gasteiger partial charge in [0.25, 0.3) is 0 Å². The zero-order valence-corrected chi connectivity index (χ0v) is 13.6. The first-order chi connectivity index (χ1) is 11.9. The lowest BCUT2D eigenvalue weighted by Crippen LogP contribution is -2.49. The third-order valence-electron chi connectivity index (χ3n) is 5.28. The fourth-order valence-corrected chi connectivity index (χ4v) is 4.18. The lowest BCUT2D eigenvalue weighted by molar-refractivity contribution is 0.520. The minimum atomic E-state index is 0.284. The number of hydrogen-bond donors (Lipinski definition) is 0. The molecule has 3 aromatic rings. The van der Waals surface area contributed by atoms with E-state index in [1.807, 2.05) is 0 Å². The quantitative estimate of drug-likeness (QED) is 0.639. The maximum Gasteiger partial charge on any atom is 0.129 e. The zero-order chi connectivity index (χ0) is 15.9. The van der Waals surface area contributed by atoms with Crippen LogP contribution in [0.1, 0.15) is 22.9 Å². The van der Waals surface area contributed by atoms with Crippen molar-refractivity contribution in [3.8, 4) is 0 Å². The second-order valence-corrected chi connectivity index (χ2v) is 6.61. The minimum absolute atomic E-state index is 0.284. The van der Waals surface area contributed by atoms with Gasteiger partial charge in [0.1, 0.15) is 6.17 Å². The highest BCUT2D eigenvalue weighted by molar-refractivity contribution is 5.65. The Morgan fingerprint density at radius 2 is 1.38 bits per heavy atom. The number of rotatable bonds is 1. The van der Waals surface area contributed by atoms with Crippen molar-refractivity contribution in [3.05, 3.63) is 95.6 Å². The second-order valence-electron chi connectivity index (χ2n) is 6.61. The fourth-order valence-electron chi connectivity index (χ4n) is 4.18. The Hall–Kier alpha value is -2.74. The summed E-state index contributed by atoms with van der Waals surface area (Å²) in [7, 11) is 0. The van der Waals surface area contributed by atoms with Crippen molar-refractivity contribution >= 4 is 11.4 Å². The monoisotopic (exact) mass is 312 g/mol. The smallest absolute Gasteiger partial charge is 0.129 e. The highest BCUT2D eigenvalue weighted by atomic mass is 15.4. The van der Waals surface area contributed by atoms with Gasteiger partial charge in [-0.3, -0.25) is 0 Å². The highest BCUT2D eigenvalue weighted by Gasteiger charge is 2.36.